The van der Waals surface area contributed by atoms with Crippen molar-refractivity contribution < 1.29 is 18.0 Å². The van der Waals surface area contributed by atoms with Gasteiger partial charge < -0.3 is 15.5 Å². The lowest BCUT2D eigenvalue weighted by molar-refractivity contribution is 0.0960. The minimum atomic E-state index is -3.35. The van der Waals surface area contributed by atoms with E-state index in [9.17, 15) is 18.0 Å². The lowest BCUT2D eigenvalue weighted by atomic mass is 10.0. The number of amides is 3. The molecule has 0 bridgehead atoms. The highest BCUT2D eigenvalue weighted by Gasteiger charge is 2.30. The molecule has 174 valence electrons. The lowest BCUT2D eigenvalue weighted by Gasteiger charge is -2.28. The molecular formula is C23H22N6O4S. The van der Waals surface area contributed by atoms with Crippen LogP contribution in [0.4, 0.5) is 10.5 Å². The standard InChI is InChI=1S/C23H22N6O4S/c1-25-22(30)20-19-14-28(23(31)26-17-7-3-15(13-24)4-8-17)11-12-29(19)27-21(20)16-5-9-18(10-6-16)34(2,32)33/h3-10H,11-12,14H2,1-2H3,(H,25,30)(H,26,31). The maximum absolute atomic E-state index is 12.9. The number of urea groups is 1. The number of carbonyl (C=O) groups is 2. The highest BCUT2D eigenvalue weighted by molar-refractivity contribution is 7.90. The van der Waals surface area contributed by atoms with Gasteiger partial charge in [-0.3, -0.25) is 9.48 Å². The van der Waals surface area contributed by atoms with Crippen LogP contribution >= 0.6 is 0 Å². The van der Waals surface area contributed by atoms with Crippen molar-refractivity contribution in [2.24, 2.45) is 0 Å². The van der Waals surface area contributed by atoms with Gasteiger partial charge in [0.05, 0.1) is 40.9 Å². The predicted molar refractivity (Wildman–Crippen MR) is 125 cm³/mol. The summed E-state index contributed by atoms with van der Waals surface area (Å²) < 4.78 is 25.3. The van der Waals surface area contributed by atoms with E-state index in [1.165, 1.54) is 19.2 Å². The Hall–Kier alpha value is -4.17. The fourth-order valence-corrected chi connectivity index (χ4v) is 4.38. The number of hydrogen-bond acceptors (Lipinski definition) is 6. The van der Waals surface area contributed by atoms with Crippen molar-refractivity contribution in [3.63, 3.8) is 0 Å². The smallest absolute Gasteiger partial charge is 0.322 e. The third-order valence-corrected chi connectivity index (χ3v) is 6.67. The molecule has 2 heterocycles. The van der Waals surface area contributed by atoms with Crippen molar-refractivity contribution in [2.75, 3.05) is 25.2 Å². The third-order valence-electron chi connectivity index (χ3n) is 5.54. The van der Waals surface area contributed by atoms with Gasteiger partial charge in [-0.1, -0.05) is 12.1 Å². The fourth-order valence-electron chi connectivity index (χ4n) is 3.75. The molecule has 3 aromatic rings. The second-order valence-electron chi connectivity index (χ2n) is 7.81. The van der Waals surface area contributed by atoms with Gasteiger partial charge in [-0.05, 0) is 36.4 Å². The van der Waals surface area contributed by atoms with E-state index in [0.717, 1.165) is 6.26 Å². The molecule has 4 rings (SSSR count). The van der Waals surface area contributed by atoms with Gasteiger partial charge in [-0.2, -0.15) is 10.4 Å². The number of benzene rings is 2. The summed E-state index contributed by atoms with van der Waals surface area (Å²) in [7, 11) is -1.84. The molecule has 2 aromatic carbocycles. The quantitative estimate of drug-likeness (QED) is 0.590. The number of aromatic nitrogens is 2. The van der Waals surface area contributed by atoms with Crippen molar-refractivity contribution in [1.29, 1.82) is 5.26 Å². The Morgan fingerprint density at radius 2 is 1.74 bits per heavy atom. The largest absolute Gasteiger partial charge is 0.355 e. The second-order valence-corrected chi connectivity index (χ2v) is 9.83. The Labute approximate surface area is 196 Å². The van der Waals surface area contributed by atoms with Crippen LogP contribution in [0.3, 0.4) is 0 Å². The number of rotatable bonds is 4. The average molecular weight is 479 g/mol. The van der Waals surface area contributed by atoms with E-state index in [1.54, 1.807) is 46.0 Å². The molecule has 0 unspecified atom stereocenters. The molecule has 34 heavy (non-hydrogen) atoms. The van der Waals surface area contributed by atoms with E-state index < -0.39 is 9.84 Å². The van der Waals surface area contributed by atoms with E-state index in [2.05, 4.69) is 15.7 Å². The van der Waals surface area contributed by atoms with Crippen molar-refractivity contribution in [3.05, 3.63) is 65.4 Å². The Morgan fingerprint density at radius 1 is 1.06 bits per heavy atom. The molecule has 0 radical (unpaired) electrons. The van der Waals surface area contributed by atoms with Crippen molar-refractivity contribution >= 4 is 27.5 Å². The predicted octanol–water partition coefficient (Wildman–Crippen LogP) is 2.23. The van der Waals surface area contributed by atoms with Crippen molar-refractivity contribution in [1.82, 2.24) is 20.0 Å². The van der Waals surface area contributed by atoms with Crippen LogP contribution < -0.4 is 10.6 Å². The van der Waals surface area contributed by atoms with Gasteiger partial charge in [0, 0.05) is 31.1 Å². The molecule has 11 heteroatoms. The van der Waals surface area contributed by atoms with Crippen LogP contribution in [0.2, 0.25) is 0 Å². The fraction of sp³-hybridized carbons (Fsp3) is 0.217. The lowest BCUT2D eigenvalue weighted by Crippen LogP contribution is -2.41. The highest BCUT2D eigenvalue weighted by atomic mass is 32.2. The third kappa shape index (κ3) is 4.49. The molecule has 0 atom stereocenters. The number of sulfone groups is 1. The first-order chi connectivity index (χ1) is 16.2. The van der Waals surface area contributed by atoms with Gasteiger partial charge >= 0.3 is 6.03 Å². The summed E-state index contributed by atoms with van der Waals surface area (Å²) in [5.41, 5.74) is 2.99. The summed E-state index contributed by atoms with van der Waals surface area (Å²) in [6, 6.07) is 14.4. The number of nitrogens with one attached hydrogen (secondary N) is 2. The molecule has 2 N–H and O–H groups in total. The Balaban J connectivity index is 1.63. The van der Waals surface area contributed by atoms with Crippen molar-refractivity contribution in [2.45, 2.75) is 18.0 Å². The average Bonchev–Trinajstić information content (AvgIpc) is 3.22. The maximum atomic E-state index is 12.9. The Morgan fingerprint density at radius 3 is 2.32 bits per heavy atom. The van der Waals surface area contributed by atoms with Gasteiger partial charge in [0.2, 0.25) is 0 Å². The zero-order valence-corrected chi connectivity index (χ0v) is 19.4. The zero-order chi connectivity index (χ0) is 24.5. The van der Waals surface area contributed by atoms with Crippen LogP contribution in [-0.2, 0) is 22.9 Å². The van der Waals surface area contributed by atoms with Crippen LogP contribution in [-0.4, -0.2) is 54.9 Å². The minimum absolute atomic E-state index is 0.166. The van der Waals surface area contributed by atoms with E-state index in [-0.39, 0.29) is 23.4 Å². The highest BCUT2D eigenvalue weighted by Crippen LogP contribution is 2.29. The Kier molecular flexibility index (Phi) is 6.08. The number of fused-ring (bicyclic) bond motifs is 1. The van der Waals surface area contributed by atoms with E-state index in [0.29, 0.717) is 46.9 Å². The summed E-state index contributed by atoms with van der Waals surface area (Å²) in [4.78, 5) is 27.4. The first-order valence-electron chi connectivity index (χ1n) is 10.4. The van der Waals surface area contributed by atoms with E-state index in [1.807, 2.05) is 6.07 Å². The topological polar surface area (TPSA) is 137 Å². The van der Waals surface area contributed by atoms with E-state index >= 15 is 0 Å². The first-order valence-corrected chi connectivity index (χ1v) is 12.3. The second kappa shape index (κ2) is 8.99. The maximum Gasteiger partial charge on any atom is 0.322 e. The van der Waals surface area contributed by atoms with E-state index in [4.69, 9.17) is 5.26 Å². The molecule has 0 saturated carbocycles. The van der Waals surface area contributed by atoms with Crippen LogP contribution in [0, 0.1) is 11.3 Å². The Bertz CT molecular complexity index is 1400. The molecule has 0 fully saturated rings. The molecule has 0 spiro atoms. The van der Waals surface area contributed by atoms with Crippen molar-refractivity contribution in [3.8, 4) is 17.3 Å². The molecule has 0 aliphatic carbocycles. The molecule has 1 aliphatic heterocycles. The SMILES string of the molecule is CNC(=O)c1c(-c2ccc(S(C)(=O)=O)cc2)nn2c1CN(C(=O)Nc1ccc(C#N)cc1)CC2. The van der Waals surface area contributed by atoms with Crippen LogP contribution in [0.25, 0.3) is 11.3 Å². The van der Waals surface area contributed by atoms with Crippen LogP contribution in [0.5, 0.6) is 0 Å². The molecule has 0 saturated heterocycles. The minimum Gasteiger partial charge on any atom is -0.355 e. The monoisotopic (exact) mass is 478 g/mol. The summed E-state index contributed by atoms with van der Waals surface area (Å²) >= 11 is 0. The zero-order valence-electron chi connectivity index (χ0n) is 18.6. The molecule has 3 amide bonds. The van der Waals surface area contributed by atoms with Crippen LogP contribution in [0.15, 0.2) is 53.4 Å². The molecular weight excluding hydrogens is 456 g/mol. The van der Waals surface area contributed by atoms with Gasteiger partial charge in [-0.25, -0.2) is 13.2 Å². The number of nitriles is 1. The van der Waals surface area contributed by atoms with Gasteiger partial charge in [-0.15, -0.1) is 0 Å². The summed E-state index contributed by atoms with van der Waals surface area (Å²) in [6.07, 6.45) is 1.13. The number of hydrogen-bond donors (Lipinski definition) is 2. The molecule has 1 aromatic heterocycles. The summed E-state index contributed by atoms with van der Waals surface area (Å²) in [5, 5.41) is 18.9. The van der Waals surface area contributed by atoms with Gasteiger partial charge in [0.25, 0.3) is 5.91 Å². The number of carbonyl (C=O) groups excluding carboxylic acids is 2. The summed E-state index contributed by atoms with van der Waals surface area (Å²) in [5.74, 6) is -0.349. The van der Waals surface area contributed by atoms with Crippen LogP contribution in [0.1, 0.15) is 21.6 Å². The van der Waals surface area contributed by atoms with Gasteiger partial charge in [0.1, 0.15) is 5.69 Å². The molecule has 10 nitrogen and oxygen atoms in total. The number of nitrogens with zero attached hydrogens (tertiary/aromatic N) is 4. The number of anilines is 1. The normalized spacial score (nSPS) is 13.0. The van der Waals surface area contributed by atoms with Gasteiger partial charge in [0.15, 0.2) is 9.84 Å². The first kappa shape index (κ1) is 23.0. The molecule has 1 aliphatic rings. The summed E-state index contributed by atoms with van der Waals surface area (Å²) in [6.45, 7) is 0.942.